The molecule has 1 aliphatic carbocycles. The second kappa shape index (κ2) is 5.93. The number of fused-ring (bicyclic) bond motifs is 1. The van der Waals surface area contributed by atoms with Crippen molar-refractivity contribution in [3.05, 3.63) is 58.1 Å². The number of aliphatic carboxylic acids is 1. The normalized spacial score (nSPS) is 14.9. The third kappa shape index (κ3) is 2.90. The Labute approximate surface area is 133 Å². The van der Waals surface area contributed by atoms with E-state index in [0.29, 0.717) is 29.9 Å². The Bertz CT molecular complexity index is 805. The van der Waals surface area contributed by atoms with E-state index in [1.54, 1.807) is 0 Å². The van der Waals surface area contributed by atoms with E-state index in [1.807, 2.05) is 36.4 Å². The van der Waals surface area contributed by atoms with Crippen LogP contribution >= 0.6 is 11.6 Å². The van der Waals surface area contributed by atoms with E-state index in [-0.39, 0.29) is 12.2 Å². The molecule has 0 fully saturated rings. The first-order valence-corrected chi connectivity index (χ1v) is 7.55. The summed E-state index contributed by atoms with van der Waals surface area (Å²) in [6, 6.07) is 11.6. The monoisotopic (exact) mass is 314 g/mol. The van der Waals surface area contributed by atoms with E-state index in [4.69, 9.17) is 16.7 Å². The fraction of sp³-hybridized carbons (Fsp3) is 0.222. The molecule has 0 radical (unpaired) electrons. The summed E-state index contributed by atoms with van der Waals surface area (Å²) >= 11 is 6.15. The van der Waals surface area contributed by atoms with Crippen molar-refractivity contribution in [2.45, 2.75) is 25.7 Å². The zero-order valence-electron chi connectivity index (χ0n) is 11.9. The van der Waals surface area contributed by atoms with Crippen molar-refractivity contribution in [2.24, 2.45) is 0 Å². The Morgan fingerprint density at radius 2 is 2.00 bits per heavy atom. The van der Waals surface area contributed by atoms with Crippen molar-refractivity contribution in [3.8, 4) is 0 Å². The van der Waals surface area contributed by atoms with E-state index in [0.717, 1.165) is 21.9 Å². The molecule has 3 nitrogen and oxygen atoms in total. The smallest absolute Gasteiger partial charge is 0.307 e. The molecule has 0 spiro atoms. The summed E-state index contributed by atoms with van der Waals surface area (Å²) in [6.07, 6.45) is 1.45. The van der Waals surface area contributed by atoms with Crippen LogP contribution in [0.1, 0.15) is 24.8 Å². The molecule has 1 aliphatic rings. The van der Waals surface area contributed by atoms with Gasteiger partial charge in [-0.2, -0.15) is 0 Å². The number of hydrogen-bond donors (Lipinski definition) is 1. The van der Waals surface area contributed by atoms with Gasteiger partial charge in [0.05, 0.1) is 6.42 Å². The van der Waals surface area contributed by atoms with Crippen LogP contribution in [-0.4, -0.2) is 16.9 Å². The second-order valence-corrected chi connectivity index (χ2v) is 5.96. The van der Waals surface area contributed by atoms with Crippen LogP contribution in [0.4, 0.5) is 0 Å². The van der Waals surface area contributed by atoms with E-state index in [2.05, 4.69) is 0 Å². The molecular weight excluding hydrogens is 300 g/mol. The fourth-order valence-corrected chi connectivity index (χ4v) is 3.22. The summed E-state index contributed by atoms with van der Waals surface area (Å²) in [5, 5.41) is 11.7. The summed E-state index contributed by atoms with van der Waals surface area (Å²) in [5.41, 5.74) is 2.44. The van der Waals surface area contributed by atoms with Gasteiger partial charge in [-0.25, -0.2) is 0 Å². The van der Waals surface area contributed by atoms with Gasteiger partial charge >= 0.3 is 5.97 Å². The standard InChI is InChI=1S/C18H15ClO3/c19-16-3-1-2-12-8-11(4-6-14(12)16)9-15-13(10-18(21)22)5-7-17(15)20/h1-4,6,8H,5,7,9-10H2,(H,21,22). The highest BCUT2D eigenvalue weighted by Gasteiger charge is 2.24. The Balaban J connectivity index is 1.94. The zero-order chi connectivity index (χ0) is 15.7. The summed E-state index contributed by atoms with van der Waals surface area (Å²) in [5.74, 6) is -0.810. The van der Waals surface area contributed by atoms with E-state index in [9.17, 15) is 9.59 Å². The third-order valence-corrected chi connectivity index (χ3v) is 4.38. The molecule has 0 unspecified atom stereocenters. The first-order chi connectivity index (χ1) is 10.5. The number of rotatable bonds is 4. The molecule has 112 valence electrons. The number of carbonyl (C=O) groups is 2. The summed E-state index contributed by atoms with van der Waals surface area (Å²) in [4.78, 5) is 22.9. The average Bonchev–Trinajstić information content (AvgIpc) is 2.80. The topological polar surface area (TPSA) is 54.4 Å². The maximum absolute atomic E-state index is 12.0. The number of benzene rings is 2. The van der Waals surface area contributed by atoms with Gasteiger partial charge in [-0.1, -0.05) is 47.5 Å². The molecule has 0 atom stereocenters. The second-order valence-electron chi connectivity index (χ2n) is 5.55. The molecule has 22 heavy (non-hydrogen) atoms. The lowest BCUT2D eigenvalue weighted by Crippen LogP contribution is -2.03. The average molecular weight is 315 g/mol. The van der Waals surface area contributed by atoms with Crippen LogP contribution in [0.2, 0.25) is 5.02 Å². The van der Waals surface area contributed by atoms with Gasteiger partial charge in [0.1, 0.15) is 0 Å². The number of carboxylic acids is 1. The first kappa shape index (κ1) is 14.8. The largest absolute Gasteiger partial charge is 0.481 e. The minimum absolute atomic E-state index is 0.0412. The molecule has 0 saturated carbocycles. The van der Waals surface area contributed by atoms with Gasteiger partial charge in [-0.05, 0) is 29.0 Å². The Morgan fingerprint density at radius 3 is 2.77 bits per heavy atom. The van der Waals surface area contributed by atoms with Crippen molar-refractivity contribution in [2.75, 3.05) is 0 Å². The molecule has 0 saturated heterocycles. The van der Waals surface area contributed by atoms with E-state index < -0.39 is 5.97 Å². The molecule has 1 N–H and O–H groups in total. The quantitative estimate of drug-likeness (QED) is 0.921. The number of allylic oxidation sites excluding steroid dienone is 1. The van der Waals surface area contributed by atoms with Crippen LogP contribution in [0.15, 0.2) is 47.5 Å². The number of halogens is 1. The highest BCUT2D eigenvalue weighted by molar-refractivity contribution is 6.35. The molecule has 0 heterocycles. The van der Waals surface area contributed by atoms with Crippen LogP contribution in [-0.2, 0) is 16.0 Å². The maximum Gasteiger partial charge on any atom is 0.307 e. The van der Waals surface area contributed by atoms with Gasteiger partial charge in [-0.15, -0.1) is 0 Å². The number of ketones is 1. The number of carboxylic acid groups (broad SMARTS) is 1. The van der Waals surface area contributed by atoms with Gasteiger partial charge in [0, 0.05) is 23.3 Å². The van der Waals surface area contributed by atoms with Crippen LogP contribution < -0.4 is 0 Å². The Morgan fingerprint density at radius 1 is 1.18 bits per heavy atom. The van der Waals surface area contributed by atoms with Crippen molar-refractivity contribution < 1.29 is 14.7 Å². The van der Waals surface area contributed by atoms with Crippen molar-refractivity contribution in [1.29, 1.82) is 0 Å². The molecule has 3 rings (SSSR count). The van der Waals surface area contributed by atoms with Crippen molar-refractivity contribution in [1.82, 2.24) is 0 Å². The summed E-state index contributed by atoms with van der Waals surface area (Å²) in [7, 11) is 0. The van der Waals surface area contributed by atoms with Crippen LogP contribution in [0, 0.1) is 0 Å². The predicted molar refractivity (Wildman–Crippen MR) is 86.2 cm³/mol. The van der Waals surface area contributed by atoms with Crippen LogP contribution in [0.25, 0.3) is 10.8 Å². The van der Waals surface area contributed by atoms with Gasteiger partial charge < -0.3 is 5.11 Å². The first-order valence-electron chi connectivity index (χ1n) is 7.17. The van der Waals surface area contributed by atoms with E-state index >= 15 is 0 Å². The zero-order valence-corrected chi connectivity index (χ0v) is 12.7. The molecular formula is C18H15ClO3. The molecule has 0 aromatic heterocycles. The highest BCUT2D eigenvalue weighted by atomic mass is 35.5. The van der Waals surface area contributed by atoms with Crippen LogP contribution in [0.5, 0.6) is 0 Å². The molecule has 4 heteroatoms. The Hall–Kier alpha value is -2.13. The van der Waals surface area contributed by atoms with Gasteiger partial charge in [0.25, 0.3) is 0 Å². The summed E-state index contributed by atoms with van der Waals surface area (Å²) < 4.78 is 0. The Kier molecular flexibility index (Phi) is 3.99. The lowest BCUT2D eigenvalue weighted by atomic mass is 9.97. The van der Waals surface area contributed by atoms with Crippen molar-refractivity contribution >= 4 is 34.1 Å². The van der Waals surface area contributed by atoms with Gasteiger partial charge in [0.15, 0.2) is 5.78 Å². The number of hydrogen-bond acceptors (Lipinski definition) is 2. The van der Waals surface area contributed by atoms with Gasteiger partial charge in [0.2, 0.25) is 0 Å². The molecule has 0 aliphatic heterocycles. The maximum atomic E-state index is 12.0. The highest BCUT2D eigenvalue weighted by Crippen LogP contribution is 2.30. The summed E-state index contributed by atoms with van der Waals surface area (Å²) in [6.45, 7) is 0. The molecule has 0 amide bonds. The third-order valence-electron chi connectivity index (χ3n) is 4.05. The van der Waals surface area contributed by atoms with Crippen molar-refractivity contribution in [3.63, 3.8) is 0 Å². The minimum Gasteiger partial charge on any atom is -0.481 e. The minimum atomic E-state index is -0.882. The number of Topliss-reactive ketones (excluding diaryl/α,β-unsaturated/α-hetero) is 1. The lowest BCUT2D eigenvalue weighted by Gasteiger charge is -2.07. The number of carbonyl (C=O) groups excluding carboxylic acids is 1. The predicted octanol–water partition coefficient (Wildman–Crippen LogP) is 4.17. The molecule has 2 aromatic carbocycles. The van der Waals surface area contributed by atoms with Crippen LogP contribution in [0.3, 0.4) is 0 Å². The lowest BCUT2D eigenvalue weighted by molar-refractivity contribution is -0.136. The molecule has 0 bridgehead atoms. The SMILES string of the molecule is O=C(O)CC1=C(Cc2ccc3c(Cl)cccc3c2)C(=O)CC1. The van der Waals surface area contributed by atoms with Gasteiger partial charge in [-0.3, -0.25) is 9.59 Å². The molecule has 2 aromatic rings. The fourth-order valence-electron chi connectivity index (χ4n) is 2.97. The van der Waals surface area contributed by atoms with E-state index in [1.165, 1.54) is 0 Å².